The highest BCUT2D eigenvalue weighted by molar-refractivity contribution is 6.16. The average molecular weight is 541 g/mol. The van der Waals surface area contributed by atoms with Crippen molar-refractivity contribution in [2.45, 2.75) is 58.5 Å². The number of imide groups is 1. The SMILES string of the molecule is COc1ccc(CCN(CCCN2C(=O)c3c(ccc(N)c3N)C(C)(C)C2=O)C(=O)OC(C)(C)C)cc1OC. The van der Waals surface area contributed by atoms with E-state index in [4.69, 9.17) is 25.7 Å². The van der Waals surface area contributed by atoms with Crippen LogP contribution in [0.3, 0.4) is 0 Å². The van der Waals surface area contributed by atoms with Crippen LogP contribution in [0.25, 0.3) is 0 Å². The lowest BCUT2D eigenvalue weighted by Crippen LogP contribution is -2.52. The summed E-state index contributed by atoms with van der Waals surface area (Å²) in [5, 5.41) is 0. The summed E-state index contributed by atoms with van der Waals surface area (Å²) in [4.78, 5) is 42.5. The van der Waals surface area contributed by atoms with Crippen LogP contribution in [0.5, 0.6) is 11.5 Å². The Kier molecular flexibility index (Phi) is 8.67. The van der Waals surface area contributed by atoms with E-state index in [0.29, 0.717) is 42.1 Å². The molecule has 1 heterocycles. The molecule has 0 unspecified atom stereocenters. The zero-order valence-corrected chi connectivity index (χ0v) is 23.9. The monoisotopic (exact) mass is 540 g/mol. The molecular weight excluding hydrogens is 500 g/mol. The number of fused-ring (bicyclic) bond motifs is 1. The fourth-order valence-electron chi connectivity index (χ4n) is 4.61. The van der Waals surface area contributed by atoms with Crippen LogP contribution in [0.2, 0.25) is 0 Å². The Labute approximate surface area is 230 Å². The number of rotatable bonds is 9. The van der Waals surface area contributed by atoms with E-state index in [9.17, 15) is 14.4 Å². The molecule has 0 bridgehead atoms. The summed E-state index contributed by atoms with van der Waals surface area (Å²) in [6, 6.07) is 8.90. The lowest BCUT2D eigenvalue weighted by molar-refractivity contribution is -0.134. The zero-order chi connectivity index (χ0) is 29.1. The van der Waals surface area contributed by atoms with Crippen LogP contribution in [0, 0.1) is 0 Å². The fraction of sp³-hybridized carbons (Fsp3) is 0.483. The van der Waals surface area contributed by atoms with Gasteiger partial charge in [-0.15, -0.1) is 0 Å². The number of anilines is 2. The van der Waals surface area contributed by atoms with Gasteiger partial charge in [0.05, 0.1) is 36.6 Å². The van der Waals surface area contributed by atoms with E-state index < -0.39 is 23.0 Å². The number of hydrogen-bond acceptors (Lipinski definition) is 8. The van der Waals surface area contributed by atoms with Crippen LogP contribution in [0.1, 0.15) is 62.5 Å². The summed E-state index contributed by atoms with van der Waals surface area (Å²) >= 11 is 0. The van der Waals surface area contributed by atoms with Crippen molar-refractivity contribution in [2.24, 2.45) is 0 Å². The Hall–Kier alpha value is -3.95. The summed E-state index contributed by atoms with van der Waals surface area (Å²) in [6.07, 6.45) is 0.426. The second-order valence-corrected chi connectivity index (χ2v) is 11.1. The summed E-state index contributed by atoms with van der Waals surface area (Å²) < 4.78 is 16.3. The van der Waals surface area contributed by atoms with E-state index in [1.54, 1.807) is 65.9 Å². The van der Waals surface area contributed by atoms with Gasteiger partial charge in [0.2, 0.25) is 5.91 Å². The van der Waals surface area contributed by atoms with E-state index in [0.717, 1.165) is 5.56 Å². The van der Waals surface area contributed by atoms with Gasteiger partial charge in [0.1, 0.15) is 5.60 Å². The molecule has 0 aliphatic carbocycles. The molecular formula is C29H40N4O6. The fourth-order valence-corrected chi connectivity index (χ4v) is 4.61. The molecule has 1 aliphatic rings. The number of nitrogens with zero attached hydrogens (tertiary/aromatic N) is 2. The summed E-state index contributed by atoms with van der Waals surface area (Å²) in [5.41, 5.74) is 12.7. The van der Waals surface area contributed by atoms with Gasteiger partial charge in [0.15, 0.2) is 11.5 Å². The van der Waals surface area contributed by atoms with Crippen LogP contribution >= 0.6 is 0 Å². The summed E-state index contributed by atoms with van der Waals surface area (Å²) in [5.74, 6) is 0.420. The minimum atomic E-state index is -0.955. The first-order valence-corrected chi connectivity index (χ1v) is 12.9. The highest BCUT2D eigenvalue weighted by atomic mass is 16.6. The summed E-state index contributed by atoms with van der Waals surface area (Å²) in [6.45, 7) is 9.70. The highest BCUT2D eigenvalue weighted by Crippen LogP contribution is 2.39. The minimum Gasteiger partial charge on any atom is -0.493 e. The van der Waals surface area contributed by atoms with Gasteiger partial charge in [-0.2, -0.15) is 0 Å². The van der Waals surface area contributed by atoms with Crippen molar-refractivity contribution in [1.82, 2.24) is 9.80 Å². The molecule has 3 rings (SSSR count). The number of carbonyl (C=O) groups excluding carboxylic acids is 3. The molecule has 0 saturated heterocycles. The molecule has 3 amide bonds. The van der Waals surface area contributed by atoms with Crippen molar-refractivity contribution in [3.63, 3.8) is 0 Å². The minimum absolute atomic E-state index is 0.116. The lowest BCUT2D eigenvalue weighted by atomic mass is 9.76. The van der Waals surface area contributed by atoms with E-state index in [1.165, 1.54) is 4.90 Å². The third-order valence-electron chi connectivity index (χ3n) is 6.77. The number of methoxy groups -OCH3 is 2. The van der Waals surface area contributed by atoms with Crippen LogP contribution < -0.4 is 20.9 Å². The predicted molar refractivity (Wildman–Crippen MR) is 150 cm³/mol. The molecule has 0 radical (unpaired) electrons. The topological polar surface area (TPSA) is 137 Å². The predicted octanol–water partition coefficient (Wildman–Crippen LogP) is 4.00. The van der Waals surface area contributed by atoms with Crippen molar-refractivity contribution in [3.8, 4) is 11.5 Å². The van der Waals surface area contributed by atoms with Gasteiger partial charge >= 0.3 is 6.09 Å². The van der Waals surface area contributed by atoms with Crippen molar-refractivity contribution in [3.05, 3.63) is 47.0 Å². The average Bonchev–Trinajstić information content (AvgIpc) is 2.86. The van der Waals surface area contributed by atoms with Crippen LogP contribution in [0.4, 0.5) is 16.2 Å². The van der Waals surface area contributed by atoms with Gasteiger partial charge in [0.25, 0.3) is 5.91 Å². The Morgan fingerprint density at radius 1 is 1.00 bits per heavy atom. The molecule has 212 valence electrons. The molecule has 0 aromatic heterocycles. The van der Waals surface area contributed by atoms with E-state index in [1.807, 2.05) is 18.2 Å². The van der Waals surface area contributed by atoms with E-state index >= 15 is 0 Å². The van der Waals surface area contributed by atoms with E-state index in [2.05, 4.69) is 0 Å². The Balaban J connectivity index is 1.76. The van der Waals surface area contributed by atoms with Crippen LogP contribution in [-0.4, -0.2) is 67.2 Å². The van der Waals surface area contributed by atoms with Gasteiger partial charge in [-0.1, -0.05) is 12.1 Å². The lowest BCUT2D eigenvalue weighted by Gasteiger charge is -2.38. The maximum atomic E-state index is 13.4. The third kappa shape index (κ3) is 6.38. The number of nitrogens with two attached hydrogens (primary N) is 2. The smallest absolute Gasteiger partial charge is 0.410 e. The van der Waals surface area contributed by atoms with Gasteiger partial charge < -0.3 is 30.6 Å². The molecule has 10 nitrogen and oxygen atoms in total. The van der Waals surface area contributed by atoms with E-state index in [-0.39, 0.29) is 30.2 Å². The second-order valence-electron chi connectivity index (χ2n) is 11.1. The number of amides is 3. The van der Waals surface area contributed by atoms with Crippen molar-refractivity contribution < 1.29 is 28.6 Å². The van der Waals surface area contributed by atoms with Gasteiger partial charge in [-0.3, -0.25) is 14.5 Å². The molecule has 10 heteroatoms. The molecule has 0 atom stereocenters. The first-order chi connectivity index (χ1) is 18.2. The first-order valence-electron chi connectivity index (χ1n) is 12.9. The third-order valence-corrected chi connectivity index (χ3v) is 6.77. The largest absolute Gasteiger partial charge is 0.493 e. The Morgan fingerprint density at radius 3 is 2.28 bits per heavy atom. The van der Waals surface area contributed by atoms with Crippen molar-refractivity contribution >= 4 is 29.3 Å². The highest BCUT2D eigenvalue weighted by Gasteiger charge is 2.45. The number of carbonyl (C=O) groups is 3. The normalized spacial score (nSPS) is 14.6. The van der Waals surface area contributed by atoms with Gasteiger partial charge in [-0.25, -0.2) is 4.79 Å². The maximum absolute atomic E-state index is 13.4. The molecule has 0 saturated carbocycles. The van der Waals surface area contributed by atoms with Crippen molar-refractivity contribution in [2.75, 3.05) is 45.3 Å². The van der Waals surface area contributed by atoms with Crippen molar-refractivity contribution in [1.29, 1.82) is 0 Å². The molecule has 0 spiro atoms. The number of nitrogen functional groups attached to an aromatic ring is 2. The van der Waals surface area contributed by atoms with Crippen LogP contribution in [-0.2, 0) is 21.4 Å². The second kappa shape index (κ2) is 11.4. The van der Waals surface area contributed by atoms with Gasteiger partial charge in [0, 0.05) is 19.6 Å². The molecule has 39 heavy (non-hydrogen) atoms. The Morgan fingerprint density at radius 2 is 1.67 bits per heavy atom. The Bertz CT molecular complexity index is 1250. The zero-order valence-electron chi connectivity index (χ0n) is 23.9. The number of ether oxygens (including phenoxy) is 3. The number of benzene rings is 2. The van der Waals surface area contributed by atoms with Crippen LogP contribution in [0.15, 0.2) is 30.3 Å². The first kappa shape index (κ1) is 29.6. The molecule has 0 fully saturated rings. The van der Waals surface area contributed by atoms with Gasteiger partial charge in [-0.05, 0) is 76.8 Å². The standard InChI is InChI=1S/C29H40N4O6/c1-28(2,3)39-27(36)32(16-13-18-9-12-21(37-6)22(17-18)38-7)14-8-15-33-25(34)23-19(29(4,5)26(33)35)10-11-20(30)24(23)31/h9-12,17H,8,13-16,30-31H2,1-7H3. The molecule has 2 aromatic carbocycles. The summed E-state index contributed by atoms with van der Waals surface area (Å²) in [7, 11) is 3.14. The quantitative estimate of drug-likeness (QED) is 0.360. The number of hydrogen-bond donors (Lipinski definition) is 2. The molecule has 1 aliphatic heterocycles. The molecule has 2 aromatic rings. The molecule has 4 N–H and O–H groups in total. The maximum Gasteiger partial charge on any atom is 0.410 e.